The number of piperidine rings is 1. The number of alkyl halides is 3. The van der Waals surface area contributed by atoms with E-state index in [9.17, 15) is 26.7 Å². The number of nitrogens with zero attached hydrogens (tertiary/aromatic N) is 5. The monoisotopic (exact) mass is 547 g/mol. The first-order valence-corrected chi connectivity index (χ1v) is 12.2. The first-order valence-electron chi connectivity index (χ1n) is 12.2. The van der Waals surface area contributed by atoms with Gasteiger partial charge in [0.1, 0.15) is 23.2 Å². The molecule has 0 aliphatic carbocycles. The van der Waals surface area contributed by atoms with Crippen molar-refractivity contribution in [3.05, 3.63) is 82.2 Å². The molecule has 0 saturated carbocycles. The lowest BCUT2D eigenvalue weighted by Crippen LogP contribution is -2.39. The number of aromatic nitrogens is 3. The predicted molar refractivity (Wildman–Crippen MR) is 132 cm³/mol. The number of pyridine rings is 1. The van der Waals surface area contributed by atoms with E-state index in [1.807, 2.05) is 0 Å². The van der Waals surface area contributed by atoms with Gasteiger partial charge >= 0.3 is 6.18 Å². The molecule has 0 N–H and O–H groups in total. The van der Waals surface area contributed by atoms with Crippen LogP contribution in [0.4, 0.5) is 22.0 Å². The van der Waals surface area contributed by atoms with Crippen LogP contribution in [0.1, 0.15) is 59.7 Å². The third-order valence-electron chi connectivity index (χ3n) is 6.53. The van der Waals surface area contributed by atoms with E-state index in [0.717, 1.165) is 24.4 Å². The standard InChI is InChI=1S/C27H26F5N5O2/c1-15-25(16(2)36-39-19-7-10-33-23(13-19)27(30,31)32)26(35-17(3)34-15)18-8-11-37(12-9-18)24(38)14-20-21(28)5-4-6-22(20)29/h4-7,10,13,18H,8-9,11-12,14H2,1-3H3/b36-16-. The molecule has 3 heterocycles. The Bertz CT molecular complexity index is 1380. The van der Waals surface area contributed by atoms with Crippen molar-refractivity contribution >= 4 is 11.6 Å². The van der Waals surface area contributed by atoms with Crippen LogP contribution in [-0.2, 0) is 17.4 Å². The fraction of sp³-hybridized carbons (Fsp3) is 0.370. The molecule has 4 rings (SSSR count). The molecule has 1 aliphatic heterocycles. The molecule has 0 radical (unpaired) electrons. The minimum atomic E-state index is -4.62. The van der Waals surface area contributed by atoms with Crippen LogP contribution in [0, 0.1) is 25.5 Å². The average Bonchev–Trinajstić information content (AvgIpc) is 2.88. The van der Waals surface area contributed by atoms with Crippen molar-refractivity contribution in [3.63, 3.8) is 0 Å². The number of oxime groups is 1. The zero-order chi connectivity index (χ0) is 28.3. The molecule has 0 spiro atoms. The summed E-state index contributed by atoms with van der Waals surface area (Å²) in [5, 5.41) is 4.05. The van der Waals surface area contributed by atoms with Gasteiger partial charge in [0.2, 0.25) is 5.91 Å². The van der Waals surface area contributed by atoms with Gasteiger partial charge in [-0.2, -0.15) is 13.2 Å². The number of likely N-dealkylation sites (tertiary alicyclic amines) is 1. The molecule has 1 saturated heterocycles. The van der Waals surface area contributed by atoms with Crippen LogP contribution < -0.4 is 4.84 Å². The van der Waals surface area contributed by atoms with Gasteiger partial charge < -0.3 is 9.74 Å². The molecule has 12 heteroatoms. The van der Waals surface area contributed by atoms with E-state index in [1.54, 1.807) is 25.7 Å². The van der Waals surface area contributed by atoms with Gasteiger partial charge in [-0.05, 0) is 45.7 Å². The Morgan fingerprint density at radius 2 is 1.77 bits per heavy atom. The highest BCUT2D eigenvalue weighted by molar-refractivity contribution is 6.00. The molecule has 1 aromatic carbocycles. The number of rotatable bonds is 6. The molecule has 1 fully saturated rings. The number of hydrogen-bond acceptors (Lipinski definition) is 6. The van der Waals surface area contributed by atoms with Crippen molar-refractivity contribution in [2.24, 2.45) is 5.16 Å². The summed E-state index contributed by atoms with van der Waals surface area (Å²) < 4.78 is 66.9. The molecule has 0 atom stereocenters. The van der Waals surface area contributed by atoms with Crippen LogP contribution in [0.25, 0.3) is 0 Å². The van der Waals surface area contributed by atoms with Crippen molar-refractivity contribution in [3.8, 4) is 5.75 Å². The minimum absolute atomic E-state index is 0.0717. The Kier molecular flexibility index (Phi) is 8.22. The number of aryl methyl sites for hydroxylation is 2. The SMILES string of the molecule is C/C(=N/Oc1ccnc(C(F)(F)F)c1)c1c(C)nc(C)nc1C1CCN(C(=O)Cc2c(F)cccc2F)CC1. The third-order valence-corrected chi connectivity index (χ3v) is 6.53. The Morgan fingerprint density at radius 3 is 2.41 bits per heavy atom. The highest BCUT2D eigenvalue weighted by Gasteiger charge is 2.33. The van der Waals surface area contributed by atoms with Crippen molar-refractivity contribution < 1.29 is 31.6 Å². The van der Waals surface area contributed by atoms with Crippen LogP contribution in [0.15, 0.2) is 41.7 Å². The molecule has 0 unspecified atom stereocenters. The van der Waals surface area contributed by atoms with Crippen LogP contribution in [0.5, 0.6) is 5.75 Å². The molecule has 206 valence electrons. The fourth-order valence-electron chi connectivity index (χ4n) is 4.64. The topological polar surface area (TPSA) is 80.6 Å². The lowest BCUT2D eigenvalue weighted by Gasteiger charge is -2.33. The van der Waals surface area contributed by atoms with Crippen molar-refractivity contribution in [2.45, 2.75) is 52.1 Å². The molecule has 2 aromatic heterocycles. The highest BCUT2D eigenvalue weighted by atomic mass is 19.4. The van der Waals surface area contributed by atoms with E-state index >= 15 is 0 Å². The lowest BCUT2D eigenvalue weighted by molar-refractivity contribution is -0.141. The molecule has 1 amide bonds. The summed E-state index contributed by atoms with van der Waals surface area (Å²) in [6.07, 6.45) is -2.91. The van der Waals surface area contributed by atoms with Crippen molar-refractivity contribution in [1.29, 1.82) is 0 Å². The van der Waals surface area contributed by atoms with Gasteiger partial charge in [-0.25, -0.2) is 18.7 Å². The smallest absolute Gasteiger partial charge is 0.357 e. The number of benzene rings is 1. The van der Waals surface area contributed by atoms with Crippen LogP contribution in [0.2, 0.25) is 0 Å². The molecule has 3 aromatic rings. The van der Waals surface area contributed by atoms with Crippen molar-refractivity contribution in [1.82, 2.24) is 19.9 Å². The van der Waals surface area contributed by atoms with E-state index in [1.165, 1.54) is 12.1 Å². The zero-order valence-electron chi connectivity index (χ0n) is 21.5. The van der Waals surface area contributed by atoms with Crippen LogP contribution in [-0.4, -0.2) is 44.6 Å². The van der Waals surface area contributed by atoms with Crippen LogP contribution >= 0.6 is 0 Å². The number of amides is 1. The summed E-state index contributed by atoms with van der Waals surface area (Å²) in [4.78, 5) is 32.0. The number of carbonyl (C=O) groups is 1. The summed E-state index contributed by atoms with van der Waals surface area (Å²) >= 11 is 0. The quantitative estimate of drug-likeness (QED) is 0.230. The summed E-state index contributed by atoms with van der Waals surface area (Å²) in [5.74, 6) is -1.53. The average molecular weight is 548 g/mol. The van der Waals surface area contributed by atoms with E-state index in [4.69, 9.17) is 4.84 Å². The Balaban J connectivity index is 1.50. The van der Waals surface area contributed by atoms with Gasteiger partial charge in [0.15, 0.2) is 5.75 Å². The van der Waals surface area contributed by atoms with Crippen molar-refractivity contribution in [2.75, 3.05) is 13.1 Å². The highest BCUT2D eigenvalue weighted by Crippen LogP contribution is 2.32. The Morgan fingerprint density at radius 1 is 1.10 bits per heavy atom. The maximum absolute atomic E-state index is 14.0. The lowest BCUT2D eigenvalue weighted by atomic mass is 9.88. The van der Waals surface area contributed by atoms with E-state index < -0.39 is 23.5 Å². The molecule has 1 aliphatic rings. The first-order chi connectivity index (χ1) is 18.4. The predicted octanol–water partition coefficient (Wildman–Crippen LogP) is 5.54. The van der Waals surface area contributed by atoms with Gasteiger partial charge in [0.25, 0.3) is 0 Å². The number of halogens is 5. The molecule has 7 nitrogen and oxygen atoms in total. The van der Waals surface area contributed by atoms with E-state index in [2.05, 4.69) is 20.1 Å². The molecule has 0 bridgehead atoms. The fourth-order valence-corrected chi connectivity index (χ4v) is 4.64. The maximum Gasteiger partial charge on any atom is 0.433 e. The first kappa shape index (κ1) is 28.1. The molecule has 39 heavy (non-hydrogen) atoms. The second kappa shape index (κ2) is 11.4. The third kappa shape index (κ3) is 6.55. The van der Waals surface area contributed by atoms with Gasteiger partial charge in [-0.1, -0.05) is 11.2 Å². The van der Waals surface area contributed by atoms with Gasteiger partial charge in [-0.15, -0.1) is 0 Å². The molecular formula is C27H26F5N5O2. The number of carbonyl (C=O) groups excluding carboxylic acids is 1. The van der Waals surface area contributed by atoms with Gasteiger partial charge in [0, 0.05) is 48.5 Å². The molecular weight excluding hydrogens is 521 g/mol. The summed E-state index contributed by atoms with van der Waals surface area (Å²) in [6.45, 7) is 5.91. The Labute approximate surface area is 221 Å². The largest absolute Gasteiger partial charge is 0.433 e. The second-order valence-corrected chi connectivity index (χ2v) is 9.29. The summed E-state index contributed by atoms with van der Waals surface area (Å²) in [7, 11) is 0. The van der Waals surface area contributed by atoms with Gasteiger partial charge in [0.05, 0.1) is 23.5 Å². The van der Waals surface area contributed by atoms with E-state index in [0.29, 0.717) is 54.4 Å². The maximum atomic E-state index is 14.0. The Hall–Kier alpha value is -3.96. The minimum Gasteiger partial charge on any atom is -0.357 e. The summed E-state index contributed by atoms with van der Waals surface area (Å²) in [6, 6.07) is 5.52. The van der Waals surface area contributed by atoms with Crippen LogP contribution in [0.3, 0.4) is 0 Å². The van der Waals surface area contributed by atoms with Gasteiger partial charge in [-0.3, -0.25) is 9.78 Å². The summed E-state index contributed by atoms with van der Waals surface area (Å²) in [5.41, 5.74) is 0.967. The number of hydrogen-bond donors (Lipinski definition) is 0. The second-order valence-electron chi connectivity index (χ2n) is 9.29. The normalized spacial score (nSPS) is 15.0. The zero-order valence-corrected chi connectivity index (χ0v) is 21.5. The van der Waals surface area contributed by atoms with E-state index in [-0.39, 0.29) is 29.6 Å².